The first-order valence-corrected chi connectivity index (χ1v) is 8.68. The van der Waals surface area contributed by atoms with Gasteiger partial charge in [-0.05, 0) is 25.0 Å². The van der Waals surface area contributed by atoms with Crippen LogP contribution in [0.25, 0.3) is 0 Å². The van der Waals surface area contributed by atoms with Gasteiger partial charge in [0.05, 0.1) is 31.6 Å². The van der Waals surface area contributed by atoms with Gasteiger partial charge in [0.25, 0.3) is 11.8 Å². The fraction of sp³-hybridized carbons (Fsp3) is 0.471. The Kier molecular flexibility index (Phi) is 6.07. The fourth-order valence-corrected chi connectivity index (χ4v) is 3.01. The lowest BCUT2D eigenvalue weighted by atomic mass is 10.2. The Hall–Kier alpha value is -2.88. The molecule has 0 bridgehead atoms. The predicted octanol–water partition coefficient (Wildman–Crippen LogP) is 0.493. The van der Waals surface area contributed by atoms with E-state index in [0.29, 0.717) is 26.2 Å². The summed E-state index contributed by atoms with van der Waals surface area (Å²) in [4.78, 5) is 30.2. The molecule has 0 aromatic carbocycles. The maximum absolute atomic E-state index is 13.0. The zero-order valence-corrected chi connectivity index (χ0v) is 15.0. The van der Waals surface area contributed by atoms with Gasteiger partial charge >= 0.3 is 0 Å². The third kappa shape index (κ3) is 4.64. The van der Waals surface area contributed by atoms with Crippen LogP contribution in [-0.4, -0.2) is 69.5 Å². The molecule has 3 rings (SSSR count). The topological polar surface area (TPSA) is 102 Å². The van der Waals surface area contributed by atoms with Crippen LogP contribution < -0.4 is 5.32 Å². The van der Waals surface area contributed by atoms with Gasteiger partial charge in [0, 0.05) is 20.2 Å². The van der Waals surface area contributed by atoms with Crippen molar-refractivity contribution in [1.82, 2.24) is 30.2 Å². The monoisotopic (exact) mass is 376 g/mol. The summed E-state index contributed by atoms with van der Waals surface area (Å²) < 4.78 is 19.4. The van der Waals surface area contributed by atoms with Crippen molar-refractivity contribution in [3.8, 4) is 0 Å². The first-order valence-electron chi connectivity index (χ1n) is 8.68. The van der Waals surface area contributed by atoms with E-state index in [1.807, 2.05) is 0 Å². The summed E-state index contributed by atoms with van der Waals surface area (Å²) in [5.74, 6) is -1.05. The van der Waals surface area contributed by atoms with Gasteiger partial charge in [0.1, 0.15) is 11.5 Å². The van der Waals surface area contributed by atoms with Crippen molar-refractivity contribution >= 4 is 11.8 Å². The van der Waals surface area contributed by atoms with Crippen LogP contribution in [-0.2, 0) is 11.3 Å². The summed E-state index contributed by atoms with van der Waals surface area (Å²) in [6.45, 7) is 1.82. The van der Waals surface area contributed by atoms with E-state index in [4.69, 9.17) is 4.74 Å². The molecule has 2 aromatic heterocycles. The molecule has 1 aliphatic rings. The van der Waals surface area contributed by atoms with Crippen LogP contribution in [0.3, 0.4) is 0 Å². The fourth-order valence-electron chi connectivity index (χ4n) is 3.01. The third-order valence-electron chi connectivity index (χ3n) is 4.35. The van der Waals surface area contributed by atoms with Gasteiger partial charge in [0.2, 0.25) is 0 Å². The Morgan fingerprint density at radius 2 is 2.22 bits per heavy atom. The minimum atomic E-state index is -0.483. The molecule has 9 nitrogen and oxygen atoms in total. The molecule has 0 aliphatic carbocycles. The van der Waals surface area contributed by atoms with Crippen LogP contribution in [0, 0.1) is 5.82 Å². The van der Waals surface area contributed by atoms with Crippen LogP contribution in [0.5, 0.6) is 0 Å². The minimum Gasteiger partial charge on any atom is -0.383 e. The molecule has 1 aliphatic heterocycles. The maximum atomic E-state index is 13.0. The Balaban J connectivity index is 1.62. The number of aromatic nitrogens is 4. The van der Waals surface area contributed by atoms with E-state index < -0.39 is 5.82 Å². The predicted molar refractivity (Wildman–Crippen MR) is 92.5 cm³/mol. The van der Waals surface area contributed by atoms with Crippen molar-refractivity contribution in [2.24, 2.45) is 0 Å². The number of methoxy groups -OCH3 is 1. The zero-order chi connectivity index (χ0) is 19.2. The summed E-state index contributed by atoms with van der Waals surface area (Å²) >= 11 is 0. The Morgan fingerprint density at radius 1 is 1.37 bits per heavy atom. The van der Waals surface area contributed by atoms with E-state index in [1.165, 1.54) is 12.1 Å². The van der Waals surface area contributed by atoms with E-state index in [0.717, 1.165) is 19.0 Å². The Labute approximate surface area is 155 Å². The first-order chi connectivity index (χ1) is 13.1. The number of hydrogen-bond donors (Lipinski definition) is 1. The molecule has 0 radical (unpaired) electrons. The normalized spacial score (nSPS) is 16.5. The van der Waals surface area contributed by atoms with Crippen molar-refractivity contribution in [2.45, 2.75) is 25.4 Å². The molecule has 1 unspecified atom stereocenters. The average Bonchev–Trinajstić information content (AvgIpc) is 3.32. The molecule has 1 saturated heterocycles. The third-order valence-corrected chi connectivity index (χ3v) is 4.35. The first kappa shape index (κ1) is 18.9. The Bertz CT molecular complexity index is 794. The van der Waals surface area contributed by atoms with E-state index in [-0.39, 0.29) is 29.2 Å². The standard InChI is InChI=1S/C17H21FN6O3/c1-27-8-6-19-16(25)15-11-23(22-21-15)10-13-3-2-7-24(13)17(26)14-5-4-12(18)9-20-14/h4-5,9,11,13H,2-3,6-8,10H2,1H3,(H,19,25). The lowest BCUT2D eigenvalue weighted by molar-refractivity contribution is 0.0714. The molecule has 0 saturated carbocycles. The van der Waals surface area contributed by atoms with Gasteiger partial charge in [-0.3, -0.25) is 9.59 Å². The van der Waals surface area contributed by atoms with Crippen LogP contribution in [0.4, 0.5) is 4.39 Å². The number of pyridine rings is 1. The molecule has 10 heteroatoms. The molecule has 2 aromatic rings. The lowest BCUT2D eigenvalue weighted by Crippen LogP contribution is -2.38. The van der Waals surface area contributed by atoms with E-state index in [1.54, 1.807) is 22.9 Å². The number of nitrogens with zero attached hydrogens (tertiary/aromatic N) is 5. The van der Waals surface area contributed by atoms with E-state index in [2.05, 4.69) is 20.6 Å². The van der Waals surface area contributed by atoms with Gasteiger partial charge in [-0.15, -0.1) is 5.10 Å². The molecule has 1 atom stereocenters. The molecular formula is C17H21FN6O3. The van der Waals surface area contributed by atoms with Crippen LogP contribution in [0.15, 0.2) is 24.5 Å². The Morgan fingerprint density at radius 3 is 2.96 bits per heavy atom. The quantitative estimate of drug-likeness (QED) is 0.706. The number of nitrogens with one attached hydrogen (secondary N) is 1. The molecule has 0 spiro atoms. The highest BCUT2D eigenvalue weighted by molar-refractivity contribution is 5.92. The number of amides is 2. The number of rotatable bonds is 7. The molecule has 1 N–H and O–H groups in total. The van der Waals surface area contributed by atoms with E-state index in [9.17, 15) is 14.0 Å². The number of likely N-dealkylation sites (tertiary alicyclic amines) is 1. The highest BCUT2D eigenvalue weighted by atomic mass is 19.1. The highest BCUT2D eigenvalue weighted by Crippen LogP contribution is 2.21. The van der Waals surface area contributed by atoms with Gasteiger partial charge in [-0.2, -0.15) is 0 Å². The SMILES string of the molecule is COCCNC(=O)c1cn(CC2CCCN2C(=O)c2ccc(F)cn2)nn1. The van der Waals surface area contributed by atoms with Crippen molar-refractivity contribution in [3.05, 3.63) is 41.7 Å². The zero-order valence-electron chi connectivity index (χ0n) is 15.0. The average molecular weight is 376 g/mol. The molecule has 144 valence electrons. The van der Waals surface area contributed by atoms with Gasteiger partial charge < -0.3 is 15.0 Å². The molecular weight excluding hydrogens is 355 g/mol. The summed E-state index contributed by atoms with van der Waals surface area (Å²) in [6.07, 6.45) is 4.25. The van der Waals surface area contributed by atoms with Crippen LogP contribution in [0.1, 0.15) is 33.8 Å². The number of carbonyl (C=O) groups excluding carboxylic acids is 2. The molecule has 1 fully saturated rings. The van der Waals surface area contributed by atoms with Crippen LogP contribution in [0.2, 0.25) is 0 Å². The second-order valence-electron chi connectivity index (χ2n) is 6.23. The number of hydrogen-bond acceptors (Lipinski definition) is 6. The maximum Gasteiger partial charge on any atom is 0.273 e. The summed E-state index contributed by atoms with van der Waals surface area (Å²) in [5.41, 5.74) is 0.419. The smallest absolute Gasteiger partial charge is 0.273 e. The number of ether oxygens (including phenoxy) is 1. The van der Waals surface area contributed by atoms with Crippen LogP contribution >= 0.6 is 0 Å². The molecule has 3 heterocycles. The second-order valence-corrected chi connectivity index (χ2v) is 6.23. The second kappa shape index (κ2) is 8.67. The van der Waals surface area contributed by atoms with Gasteiger partial charge in [-0.1, -0.05) is 5.21 Å². The summed E-state index contributed by atoms with van der Waals surface area (Å²) in [7, 11) is 1.55. The van der Waals surface area contributed by atoms with Crippen molar-refractivity contribution in [2.75, 3.05) is 26.8 Å². The van der Waals surface area contributed by atoms with Gasteiger partial charge in [-0.25, -0.2) is 14.1 Å². The van der Waals surface area contributed by atoms with Gasteiger partial charge in [0.15, 0.2) is 5.69 Å². The number of halogens is 1. The molecule has 27 heavy (non-hydrogen) atoms. The summed E-state index contributed by atoms with van der Waals surface area (Å²) in [5, 5.41) is 10.5. The van der Waals surface area contributed by atoms with E-state index >= 15 is 0 Å². The summed E-state index contributed by atoms with van der Waals surface area (Å²) in [6, 6.07) is 2.51. The minimum absolute atomic E-state index is 0.0875. The highest BCUT2D eigenvalue weighted by Gasteiger charge is 2.30. The molecule has 2 amide bonds. The lowest BCUT2D eigenvalue weighted by Gasteiger charge is -2.24. The van der Waals surface area contributed by atoms with Crippen molar-refractivity contribution in [3.63, 3.8) is 0 Å². The largest absolute Gasteiger partial charge is 0.383 e. The van der Waals surface area contributed by atoms with Crippen molar-refractivity contribution in [1.29, 1.82) is 0 Å². The number of carbonyl (C=O) groups is 2. The van der Waals surface area contributed by atoms with Crippen molar-refractivity contribution < 1.29 is 18.7 Å².